The number of benzene rings is 4. The first kappa shape index (κ1) is 20.5. The Hall–Kier alpha value is -4.37. The van der Waals surface area contributed by atoms with Crippen LogP contribution in [0.15, 0.2) is 128 Å². The Labute approximate surface area is 194 Å². The van der Waals surface area contributed by atoms with Gasteiger partial charge in [0.15, 0.2) is 0 Å². The largest absolute Gasteiger partial charge is 0.457 e. The summed E-state index contributed by atoms with van der Waals surface area (Å²) in [4.78, 5) is 6.49. The number of rotatable bonds is 3. The summed E-state index contributed by atoms with van der Waals surface area (Å²) in [5, 5.41) is 1.20. The number of anilines is 2. The molecule has 0 radical (unpaired) electrons. The summed E-state index contributed by atoms with van der Waals surface area (Å²) in [5.74, 6) is 1.70. The molecule has 0 saturated heterocycles. The molecule has 0 saturated carbocycles. The SMILES string of the molecule is C1=Cc2ccccc2N(c2ccc(Oc3ccccc3)cc2)C1.c1ccc2ncccc2c1. The molecule has 2 heterocycles. The molecule has 4 aromatic carbocycles. The predicted molar refractivity (Wildman–Crippen MR) is 137 cm³/mol. The average molecular weight is 429 g/mol. The van der Waals surface area contributed by atoms with E-state index in [1.165, 1.54) is 22.3 Å². The molecule has 33 heavy (non-hydrogen) atoms. The van der Waals surface area contributed by atoms with E-state index in [0.717, 1.165) is 23.6 Å². The van der Waals surface area contributed by atoms with Gasteiger partial charge in [-0.1, -0.05) is 72.8 Å². The van der Waals surface area contributed by atoms with Gasteiger partial charge >= 0.3 is 0 Å². The molecule has 0 fully saturated rings. The number of ether oxygens (including phenoxy) is 1. The summed E-state index contributed by atoms with van der Waals surface area (Å²) in [5.41, 5.74) is 4.72. The van der Waals surface area contributed by atoms with Gasteiger partial charge in [0.05, 0.1) is 5.52 Å². The van der Waals surface area contributed by atoms with Crippen LogP contribution in [0.3, 0.4) is 0 Å². The maximum absolute atomic E-state index is 5.86. The van der Waals surface area contributed by atoms with Crippen molar-refractivity contribution in [1.29, 1.82) is 0 Å². The van der Waals surface area contributed by atoms with Crippen molar-refractivity contribution in [2.24, 2.45) is 0 Å². The van der Waals surface area contributed by atoms with E-state index in [1.807, 2.05) is 72.9 Å². The van der Waals surface area contributed by atoms with Crippen LogP contribution in [0.1, 0.15) is 5.56 Å². The highest BCUT2D eigenvalue weighted by molar-refractivity contribution is 5.78. The summed E-state index contributed by atoms with van der Waals surface area (Å²) >= 11 is 0. The van der Waals surface area contributed by atoms with Crippen molar-refractivity contribution < 1.29 is 4.74 Å². The maximum atomic E-state index is 5.86. The summed E-state index contributed by atoms with van der Waals surface area (Å²) in [6, 6.07) is 38.6. The van der Waals surface area contributed by atoms with E-state index in [9.17, 15) is 0 Å². The molecule has 0 unspecified atom stereocenters. The molecule has 0 spiro atoms. The summed E-state index contributed by atoms with van der Waals surface area (Å²) < 4.78 is 5.86. The van der Waals surface area contributed by atoms with Gasteiger partial charge in [-0.05, 0) is 60.2 Å². The Morgan fingerprint density at radius 3 is 2.18 bits per heavy atom. The van der Waals surface area contributed by atoms with Crippen LogP contribution in [-0.2, 0) is 0 Å². The molecule has 1 aliphatic heterocycles. The van der Waals surface area contributed by atoms with Gasteiger partial charge in [0.1, 0.15) is 11.5 Å². The third-order valence-electron chi connectivity index (χ3n) is 5.45. The number of aromatic nitrogens is 1. The fraction of sp³-hybridized carbons (Fsp3) is 0.0333. The molecule has 6 rings (SSSR count). The summed E-state index contributed by atoms with van der Waals surface area (Å²) in [6.45, 7) is 0.885. The van der Waals surface area contributed by atoms with E-state index in [1.54, 1.807) is 0 Å². The van der Waals surface area contributed by atoms with Gasteiger partial charge in [0.2, 0.25) is 0 Å². The van der Waals surface area contributed by atoms with Gasteiger partial charge in [-0.3, -0.25) is 4.98 Å². The Bertz CT molecular complexity index is 1300. The molecule has 0 bridgehead atoms. The molecule has 0 atom stereocenters. The predicted octanol–water partition coefficient (Wildman–Crippen LogP) is 7.88. The smallest absolute Gasteiger partial charge is 0.127 e. The first-order valence-corrected chi connectivity index (χ1v) is 11.0. The lowest BCUT2D eigenvalue weighted by atomic mass is 10.1. The summed E-state index contributed by atoms with van der Waals surface area (Å²) in [6.07, 6.45) is 6.18. The van der Waals surface area contributed by atoms with Crippen LogP contribution in [0.4, 0.5) is 11.4 Å². The third kappa shape index (κ3) is 4.94. The number of hydrogen-bond acceptors (Lipinski definition) is 3. The van der Waals surface area contributed by atoms with Crippen molar-refractivity contribution in [1.82, 2.24) is 4.98 Å². The molecule has 1 aromatic heterocycles. The van der Waals surface area contributed by atoms with E-state index in [-0.39, 0.29) is 0 Å². The van der Waals surface area contributed by atoms with Gasteiger partial charge in [0.25, 0.3) is 0 Å². The van der Waals surface area contributed by atoms with Gasteiger partial charge < -0.3 is 9.64 Å². The van der Waals surface area contributed by atoms with Crippen LogP contribution in [0.25, 0.3) is 17.0 Å². The first-order valence-electron chi connectivity index (χ1n) is 11.0. The zero-order chi connectivity index (χ0) is 22.3. The second-order valence-electron chi connectivity index (χ2n) is 7.68. The topological polar surface area (TPSA) is 25.4 Å². The minimum absolute atomic E-state index is 0.848. The molecular formula is C30H24N2O. The van der Waals surface area contributed by atoms with Crippen molar-refractivity contribution in [3.8, 4) is 11.5 Å². The number of fused-ring (bicyclic) bond motifs is 2. The van der Waals surface area contributed by atoms with Crippen LogP contribution in [-0.4, -0.2) is 11.5 Å². The Morgan fingerprint density at radius 1 is 0.636 bits per heavy atom. The Morgan fingerprint density at radius 2 is 1.33 bits per heavy atom. The van der Waals surface area contributed by atoms with Gasteiger partial charge in [-0.2, -0.15) is 0 Å². The monoisotopic (exact) mass is 428 g/mol. The molecule has 5 aromatic rings. The lowest BCUT2D eigenvalue weighted by molar-refractivity contribution is 0.483. The molecule has 3 heteroatoms. The van der Waals surface area contributed by atoms with Gasteiger partial charge in [-0.15, -0.1) is 0 Å². The van der Waals surface area contributed by atoms with Crippen LogP contribution >= 0.6 is 0 Å². The molecule has 0 N–H and O–H groups in total. The Balaban J connectivity index is 0.000000190. The van der Waals surface area contributed by atoms with Crippen molar-refractivity contribution in [2.75, 3.05) is 11.4 Å². The van der Waals surface area contributed by atoms with E-state index < -0.39 is 0 Å². The third-order valence-corrected chi connectivity index (χ3v) is 5.45. The lowest BCUT2D eigenvalue weighted by Crippen LogP contribution is -2.19. The highest BCUT2D eigenvalue weighted by Crippen LogP contribution is 2.33. The van der Waals surface area contributed by atoms with Crippen LogP contribution in [0.5, 0.6) is 11.5 Å². The quantitative estimate of drug-likeness (QED) is 0.292. The van der Waals surface area contributed by atoms with Gasteiger partial charge in [-0.25, -0.2) is 0 Å². The van der Waals surface area contributed by atoms with E-state index >= 15 is 0 Å². The van der Waals surface area contributed by atoms with Crippen molar-refractivity contribution in [2.45, 2.75) is 0 Å². The van der Waals surface area contributed by atoms with Crippen molar-refractivity contribution in [3.05, 3.63) is 133 Å². The number of hydrogen-bond donors (Lipinski definition) is 0. The zero-order valence-corrected chi connectivity index (χ0v) is 18.2. The van der Waals surface area contributed by atoms with E-state index in [0.29, 0.717) is 0 Å². The number of para-hydroxylation sites is 3. The normalized spacial score (nSPS) is 11.9. The van der Waals surface area contributed by atoms with Crippen LogP contribution < -0.4 is 9.64 Å². The van der Waals surface area contributed by atoms with Crippen molar-refractivity contribution in [3.63, 3.8) is 0 Å². The van der Waals surface area contributed by atoms with Crippen LogP contribution in [0.2, 0.25) is 0 Å². The molecule has 0 aliphatic carbocycles. The molecule has 0 amide bonds. The number of nitrogens with zero attached hydrogens (tertiary/aromatic N) is 2. The maximum Gasteiger partial charge on any atom is 0.127 e. The van der Waals surface area contributed by atoms with Crippen molar-refractivity contribution >= 4 is 28.4 Å². The molecule has 160 valence electrons. The van der Waals surface area contributed by atoms with E-state index in [4.69, 9.17) is 4.74 Å². The molecule has 3 nitrogen and oxygen atoms in total. The summed E-state index contributed by atoms with van der Waals surface area (Å²) in [7, 11) is 0. The fourth-order valence-electron chi connectivity index (χ4n) is 3.84. The lowest BCUT2D eigenvalue weighted by Gasteiger charge is -2.28. The standard InChI is InChI=1S/C21H17NO.C9H7N/c1-2-9-19(10-3-1)23-20-14-12-18(13-15-20)22-16-6-8-17-7-4-5-11-21(17)22;1-2-6-9-8(4-1)5-3-7-10-9/h1-15H,16H2;1-7H. The molecular weight excluding hydrogens is 404 g/mol. The minimum Gasteiger partial charge on any atom is -0.457 e. The van der Waals surface area contributed by atoms with Gasteiger partial charge in [0, 0.05) is 29.5 Å². The highest BCUT2D eigenvalue weighted by atomic mass is 16.5. The Kier molecular flexibility index (Phi) is 6.12. The van der Waals surface area contributed by atoms with Crippen LogP contribution in [0, 0.1) is 0 Å². The zero-order valence-electron chi connectivity index (χ0n) is 18.2. The molecule has 1 aliphatic rings. The minimum atomic E-state index is 0.848. The average Bonchev–Trinajstić information content (AvgIpc) is 2.90. The van der Waals surface area contributed by atoms with E-state index in [2.05, 4.69) is 70.6 Å². The second-order valence-corrected chi connectivity index (χ2v) is 7.68. The second kappa shape index (κ2) is 9.84. The first-order chi connectivity index (χ1) is 16.4. The highest BCUT2D eigenvalue weighted by Gasteiger charge is 2.14. The number of pyridine rings is 1. The fourth-order valence-corrected chi connectivity index (χ4v) is 3.84.